The highest BCUT2D eigenvalue weighted by molar-refractivity contribution is 7.73. The van der Waals surface area contributed by atoms with Crippen LogP contribution in [0.2, 0.25) is 0 Å². The van der Waals surface area contributed by atoms with Gasteiger partial charge < -0.3 is 5.32 Å². The van der Waals surface area contributed by atoms with E-state index in [0.29, 0.717) is 12.6 Å². The van der Waals surface area contributed by atoms with E-state index in [9.17, 15) is 0 Å². The molecule has 1 heterocycles. The summed E-state index contributed by atoms with van der Waals surface area (Å²) in [5.74, 6) is 0.574. The number of hydrogen-bond donors (Lipinski definition) is 1. The van der Waals surface area contributed by atoms with Crippen LogP contribution in [-0.4, -0.2) is 28.8 Å². The van der Waals surface area contributed by atoms with Crippen LogP contribution in [0.25, 0.3) is 0 Å². The fourth-order valence-corrected chi connectivity index (χ4v) is 3.04. The molecule has 0 amide bonds. The first-order chi connectivity index (χ1) is 9.99. The van der Waals surface area contributed by atoms with Gasteiger partial charge in [0.05, 0.1) is 6.67 Å². The van der Waals surface area contributed by atoms with Crippen LogP contribution in [0, 0.1) is 3.95 Å². The second-order valence-electron chi connectivity index (χ2n) is 5.47. The molecule has 0 unspecified atom stereocenters. The molecule has 2 aromatic rings. The van der Waals surface area contributed by atoms with Gasteiger partial charge in [-0.15, -0.1) is 5.10 Å². The lowest BCUT2D eigenvalue weighted by atomic mass is 10.0. The molecule has 0 aliphatic rings. The number of aromatic nitrogens is 2. The van der Waals surface area contributed by atoms with Crippen LogP contribution in [0.5, 0.6) is 0 Å². The summed E-state index contributed by atoms with van der Waals surface area (Å²) in [5.41, 5.74) is 2.68. The Morgan fingerprint density at radius 2 is 2.00 bits per heavy atom. The zero-order valence-electron chi connectivity index (χ0n) is 13.0. The summed E-state index contributed by atoms with van der Waals surface area (Å²) >= 11 is 6.82. The van der Waals surface area contributed by atoms with E-state index in [1.807, 2.05) is 11.7 Å². The number of anilines is 1. The van der Waals surface area contributed by atoms with Gasteiger partial charge in [0.1, 0.15) is 0 Å². The van der Waals surface area contributed by atoms with Crippen molar-refractivity contribution >= 4 is 28.7 Å². The molecular weight excluding hydrogens is 300 g/mol. The van der Waals surface area contributed by atoms with E-state index in [0.717, 1.165) is 15.6 Å². The minimum atomic E-state index is 0.574. The van der Waals surface area contributed by atoms with Crippen molar-refractivity contribution < 1.29 is 0 Å². The van der Waals surface area contributed by atoms with E-state index >= 15 is 0 Å². The molecule has 0 atom stereocenters. The largest absolute Gasteiger partial charge is 0.363 e. The summed E-state index contributed by atoms with van der Waals surface area (Å²) in [6.07, 6.45) is 0. The number of hydrogen-bond acceptors (Lipinski definition) is 5. The van der Waals surface area contributed by atoms with Crippen LogP contribution < -0.4 is 5.32 Å². The van der Waals surface area contributed by atoms with Crippen molar-refractivity contribution in [3.63, 3.8) is 0 Å². The predicted octanol–water partition coefficient (Wildman–Crippen LogP) is 3.93. The van der Waals surface area contributed by atoms with Crippen molar-refractivity contribution in [2.45, 2.75) is 33.0 Å². The Bertz CT molecular complexity index is 628. The van der Waals surface area contributed by atoms with Gasteiger partial charge in [-0.1, -0.05) is 49.4 Å². The van der Waals surface area contributed by atoms with Gasteiger partial charge in [0.15, 0.2) is 3.95 Å². The van der Waals surface area contributed by atoms with E-state index in [-0.39, 0.29) is 0 Å². The maximum Gasteiger partial charge on any atom is 0.204 e. The van der Waals surface area contributed by atoms with Crippen molar-refractivity contribution in [3.05, 3.63) is 39.3 Å². The van der Waals surface area contributed by atoms with E-state index in [1.54, 1.807) is 0 Å². The highest BCUT2D eigenvalue weighted by atomic mass is 32.1. The zero-order valence-corrected chi connectivity index (χ0v) is 14.6. The Hall–Kier alpha value is -1.24. The van der Waals surface area contributed by atoms with Crippen molar-refractivity contribution in [1.82, 2.24) is 14.7 Å². The lowest BCUT2D eigenvalue weighted by Gasteiger charge is -2.17. The number of nitrogens with zero attached hydrogens (tertiary/aromatic N) is 3. The second kappa shape index (κ2) is 7.15. The minimum Gasteiger partial charge on any atom is -0.363 e. The highest BCUT2D eigenvalue weighted by Crippen LogP contribution is 2.16. The quantitative estimate of drug-likeness (QED) is 0.817. The van der Waals surface area contributed by atoms with Crippen LogP contribution in [0.4, 0.5) is 5.13 Å². The van der Waals surface area contributed by atoms with Crippen LogP contribution in [-0.2, 0) is 13.2 Å². The first-order valence-electron chi connectivity index (χ1n) is 7.02. The fourth-order valence-electron chi connectivity index (χ4n) is 2.09. The summed E-state index contributed by atoms with van der Waals surface area (Å²) in [5, 5.41) is 8.31. The molecule has 114 valence electrons. The number of nitrogens with one attached hydrogen (secondary N) is 1. The van der Waals surface area contributed by atoms with E-state index in [1.165, 1.54) is 22.5 Å². The summed E-state index contributed by atoms with van der Waals surface area (Å²) in [4.78, 5) is 2.21. The van der Waals surface area contributed by atoms with Gasteiger partial charge in [0, 0.05) is 13.6 Å². The Morgan fingerprint density at radius 3 is 2.52 bits per heavy atom. The Kier molecular flexibility index (Phi) is 5.50. The molecule has 21 heavy (non-hydrogen) atoms. The third-order valence-corrected chi connectivity index (χ3v) is 4.62. The topological polar surface area (TPSA) is 33.1 Å². The lowest BCUT2D eigenvalue weighted by Crippen LogP contribution is -2.22. The minimum absolute atomic E-state index is 0.574. The molecule has 4 nitrogen and oxygen atoms in total. The molecule has 1 aromatic carbocycles. The maximum absolute atomic E-state index is 5.32. The third kappa shape index (κ3) is 4.36. The van der Waals surface area contributed by atoms with Crippen LogP contribution in [0.15, 0.2) is 24.3 Å². The summed E-state index contributed by atoms with van der Waals surface area (Å²) in [7, 11) is 3.94. The zero-order chi connectivity index (χ0) is 15.4. The molecule has 0 aliphatic carbocycles. The molecule has 2 rings (SSSR count). The van der Waals surface area contributed by atoms with Gasteiger partial charge in [-0.25, -0.2) is 4.68 Å². The average molecular weight is 323 g/mol. The SMILES string of the molecule is CNc1nn(CN(C)Cc2ccc(C(C)C)cc2)c(=S)s1. The maximum atomic E-state index is 5.32. The highest BCUT2D eigenvalue weighted by Gasteiger charge is 2.06. The van der Waals surface area contributed by atoms with Gasteiger partial charge in [0.2, 0.25) is 5.13 Å². The standard InChI is InChI=1S/C15H22N4S2/c1-11(2)13-7-5-12(6-8-13)9-18(4)10-19-15(20)21-14(16-3)17-19/h5-8,11H,9-10H2,1-4H3,(H,16,17). The average Bonchev–Trinajstić information content (AvgIpc) is 2.80. The van der Waals surface area contributed by atoms with Crippen molar-refractivity contribution in [3.8, 4) is 0 Å². The Labute approximate surface area is 135 Å². The van der Waals surface area contributed by atoms with Crippen LogP contribution >= 0.6 is 23.6 Å². The first-order valence-corrected chi connectivity index (χ1v) is 8.25. The molecule has 6 heteroatoms. The molecule has 1 N–H and O–H groups in total. The lowest BCUT2D eigenvalue weighted by molar-refractivity contribution is 0.245. The molecule has 0 aliphatic heterocycles. The summed E-state index contributed by atoms with van der Waals surface area (Å²) in [6.45, 7) is 6.00. The fraction of sp³-hybridized carbons (Fsp3) is 0.467. The Balaban J connectivity index is 1.99. The monoisotopic (exact) mass is 322 g/mol. The predicted molar refractivity (Wildman–Crippen MR) is 92.5 cm³/mol. The van der Waals surface area contributed by atoms with Gasteiger partial charge >= 0.3 is 0 Å². The van der Waals surface area contributed by atoms with E-state index in [2.05, 4.69) is 60.5 Å². The van der Waals surface area contributed by atoms with Gasteiger partial charge in [-0.3, -0.25) is 4.90 Å². The molecule has 0 saturated carbocycles. The van der Waals surface area contributed by atoms with Gasteiger partial charge in [0.25, 0.3) is 0 Å². The molecule has 0 bridgehead atoms. The normalized spacial score (nSPS) is 11.3. The molecule has 0 saturated heterocycles. The van der Waals surface area contributed by atoms with Crippen molar-refractivity contribution in [2.75, 3.05) is 19.4 Å². The first kappa shape index (κ1) is 16.1. The summed E-state index contributed by atoms with van der Waals surface area (Å²) in [6, 6.07) is 8.82. The Morgan fingerprint density at radius 1 is 1.33 bits per heavy atom. The molecule has 1 aromatic heterocycles. The van der Waals surface area contributed by atoms with Crippen LogP contribution in [0.3, 0.4) is 0 Å². The smallest absolute Gasteiger partial charge is 0.204 e. The summed E-state index contributed by atoms with van der Waals surface area (Å²) < 4.78 is 2.65. The molecule has 0 spiro atoms. The van der Waals surface area contributed by atoms with E-state index in [4.69, 9.17) is 12.2 Å². The van der Waals surface area contributed by atoms with Crippen molar-refractivity contribution in [2.24, 2.45) is 0 Å². The second-order valence-corrected chi connectivity index (χ2v) is 7.10. The van der Waals surface area contributed by atoms with Gasteiger partial charge in [-0.2, -0.15) is 0 Å². The molecule has 0 radical (unpaired) electrons. The third-order valence-electron chi connectivity index (χ3n) is 3.29. The number of benzene rings is 1. The molecular formula is C15H22N4S2. The molecule has 0 fully saturated rings. The van der Waals surface area contributed by atoms with Gasteiger partial charge in [-0.05, 0) is 36.3 Å². The number of rotatable bonds is 6. The van der Waals surface area contributed by atoms with E-state index < -0.39 is 0 Å². The van der Waals surface area contributed by atoms with Crippen molar-refractivity contribution in [1.29, 1.82) is 0 Å². The van der Waals surface area contributed by atoms with Crippen LogP contribution in [0.1, 0.15) is 30.9 Å².